The molecular weight excluding hydrogens is 469 g/mol. The molecule has 0 fully saturated rings. The number of fused-ring (bicyclic) bond motifs is 3. The van der Waals surface area contributed by atoms with E-state index in [0.717, 1.165) is 27.6 Å². The number of hydrogen-bond donors (Lipinski definition) is 0. The first kappa shape index (κ1) is 19.8. The average Bonchev–Trinajstić information content (AvgIpc) is 2.95. The summed E-state index contributed by atoms with van der Waals surface area (Å²) in [4.78, 5) is 26.1. The van der Waals surface area contributed by atoms with E-state index in [2.05, 4.69) is 25.9 Å². The maximum atomic E-state index is 13.3. The second-order valence-electron chi connectivity index (χ2n) is 6.61. The fourth-order valence-electron chi connectivity index (χ4n) is 3.20. The van der Waals surface area contributed by atoms with Crippen LogP contribution in [0.1, 0.15) is 20.8 Å². The molecule has 10 heteroatoms. The topological polar surface area (TPSA) is 48.8 Å². The van der Waals surface area contributed by atoms with Crippen LogP contribution in [-0.4, -0.2) is 31.3 Å². The summed E-state index contributed by atoms with van der Waals surface area (Å²) in [6, 6.07) is 5.53. The number of halogens is 4. The molecule has 0 saturated heterocycles. The quantitative estimate of drug-likeness (QED) is 0.495. The van der Waals surface area contributed by atoms with Crippen molar-refractivity contribution >= 4 is 61.1 Å². The van der Waals surface area contributed by atoms with E-state index < -0.39 is 17.6 Å². The zero-order chi connectivity index (χ0) is 20.9. The van der Waals surface area contributed by atoms with E-state index in [1.807, 2.05) is 25.1 Å². The third kappa shape index (κ3) is 3.40. The van der Waals surface area contributed by atoms with E-state index in [0.29, 0.717) is 9.71 Å². The molecule has 0 bridgehead atoms. The fraction of sp³-hybridized carbons (Fsp3) is 0.211. The highest BCUT2D eigenvalue weighted by atomic mass is 79.9. The lowest BCUT2D eigenvalue weighted by atomic mass is 10.1. The largest absolute Gasteiger partial charge is 0.417 e. The Hall–Kier alpha value is -2.46. The number of amides is 1. The first-order valence-electron chi connectivity index (χ1n) is 8.46. The predicted octanol–water partition coefficient (Wildman–Crippen LogP) is 5.33. The smallest absolute Gasteiger partial charge is 0.377 e. The van der Waals surface area contributed by atoms with Gasteiger partial charge in [-0.2, -0.15) is 13.2 Å². The van der Waals surface area contributed by atoms with Gasteiger partial charge in [-0.25, -0.2) is 4.98 Å². The predicted molar refractivity (Wildman–Crippen MR) is 112 cm³/mol. The molecule has 5 nitrogen and oxygen atoms in total. The molecule has 1 aliphatic heterocycles. The van der Waals surface area contributed by atoms with Crippen molar-refractivity contribution in [2.45, 2.75) is 12.7 Å². The van der Waals surface area contributed by atoms with Gasteiger partial charge in [-0.1, -0.05) is 15.9 Å². The van der Waals surface area contributed by atoms with Crippen LogP contribution in [0.15, 0.2) is 39.9 Å². The summed E-state index contributed by atoms with van der Waals surface area (Å²) < 4.78 is 39.8. The molecule has 0 radical (unpaired) electrons. The Morgan fingerprint density at radius 2 is 2.00 bits per heavy atom. The van der Waals surface area contributed by atoms with Gasteiger partial charge in [-0.15, -0.1) is 11.3 Å². The van der Waals surface area contributed by atoms with E-state index in [1.165, 1.54) is 29.8 Å². The number of carbonyl (C=O) groups is 1. The molecule has 0 unspecified atom stereocenters. The standard InChI is InChI=1S/C19H14BrF3N4OS/c1-26(2)14-5-6-25-17-15(14)11-8-24-9-27(18(28)16(11)29-17)10-3-4-13(20)12(7-10)19(21,22)23/h3-7,9H,8H2,1-2H3. The third-order valence-electron chi connectivity index (χ3n) is 4.54. The maximum Gasteiger partial charge on any atom is 0.417 e. The highest BCUT2D eigenvalue weighted by molar-refractivity contribution is 9.10. The van der Waals surface area contributed by atoms with Crippen molar-refractivity contribution in [1.29, 1.82) is 0 Å². The van der Waals surface area contributed by atoms with Gasteiger partial charge in [0.1, 0.15) is 9.71 Å². The van der Waals surface area contributed by atoms with Crippen LogP contribution in [0.5, 0.6) is 0 Å². The van der Waals surface area contributed by atoms with Crippen molar-refractivity contribution in [1.82, 2.24) is 4.98 Å². The Morgan fingerprint density at radius 3 is 2.69 bits per heavy atom. The number of alkyl halides is 3. The van der Waals surface area contributed by atoms with Crippen molar-refractivity contribution in [3.63, 3.8) is 0 Å². The zero-order valence-corrected chi connectivity index (χ0v) is 17.7. The summed E-state index contributed by atoms with van der Waals surface area (Å²) in [6.07, 6.45) is -1.59. The van der Waals surface area contributed by atoms with E-state index in [4.69, 9.17) is 0 Å². The lowest BCUT2D eigenvalue weighted by molar-refractivity contribution is -0.138. The van der Waals surface area contributed by atoms with Crippen molar-refractivity contribution in [2.75, 3.05) is 23.9 Å². The summed E-state index contributed by atoms with van der Waals surface area (Å²) >= 11 is 4.15. The number of rotatable bonds is 2. The fourth-order valence-corrected chi connectivity index (χ4v) is 4.79. The summed E-state index contributed by atoms with van der Waals surface area (Å²) in [5, 5.41) is 0.844. The van der Waals surface area contributed by atoms with Gasteiger partial charge in [0.25, 0.3) is 5.91 Å². The number of aromatic nitrogens is 1. The summed E-state index contributed by atoms with van der Waals surface area (Å²) in [7, 11) is 3.79. The number of benzene rings is 1. The monoisotopic (exact) mass is 482 g/mol. The zero-order valence-electron chi connectivity index (χ0n) is 15.3. The Morgan fingerprint density at radius 1 is 1.24 bits per heavy atom. The molecule has 0 spiro atoms. The second-order valence-corrected chi connectivity index (χ2v) is 8.46. The van der Waals surface area contributed by atoms with Crippen LogP contribution < -0.4 is 9.80 Å². The molecule has 3 heterocycles. The van der Waals surface area contributed by atoms with Crippen LogP contribution in [-0.2, 0) is 12.7 Å². The van der Waals surface area contributed by atoms with Crippen molar-refractivity contribution in [2.24, 2.45) is 4.99 Å². The first-order valence-corrected chi connectivity index (χ1v) is 10.1. The third-order valence-corrected chi connectivity index (χ3v) is 6.36. The first-order chi connectivity index (χ1) is 13.7. The summed E-state index contributed by atoms with van der Waals surface area (Å²) in [5.41, 5.74) is 0.889. The molecule has 150 valence electrons. The number of pyridine rings is 1. The van der Waals surface area contributed by atoms with Crippen LogP contribution in [0.2, 0.25) is 0 Å². The van der Waals surface area contributed by atoms with Crippen molar-refractivity contribution < 1.29 is 18.0 Å². The van der Waals surface area contributed by atoms with Gasteiger partial charge in [0, 0.05) is 41.4 Å². The normalized spacial score (nSPS) is 14.3. The second kappa shape index (κ2) is 7.10. The molecule has 2 aromatic heterocycles. The van der Waals surface area contributed by atoms with Crippen LogP contribution in [0.4, 0.5) is 24.5 Å². The average molecular weight is 483 g/mol. The molecular formula is C19H14BrF3N4OS. The molecule has 0 aliphatic carbocycles. The molecule has 3 aromatic rings. The minimum atomic E-state index is -4.55. The Bertz CT molecular complexity index is 1160. The van der Waals surface area contributed by atoms with Crippen LogP contribution in [0.25, 0.3) is 10.2 Å². The highest BCUT2D eigenvalue weighted by Crippen LogP contribution is 2.40. The Labute approximate surface area is 176 Å². The van der Waals surface area contributed by atoms with E-state index in [-0.39, 0.29) is 16.7 Å². The minimum absolute atomic E-state index is 0.0877. The van der Waals surface area contributed by atoms with Crippen molar-refractivity contribution in [3.8, 4) is 0 Å². The number of carbonyl (C=O) groups excluding carboxylic acids is 1. The number of thiophene rings is 1. The van der Waals surface area contributed by atoms with E-state index in [9.17, 15) is 18.0 Å². The van der Waals surface area contributed by atoms with E-state index in [1.54, 1.807) is 6.20 Å². The van der Waals surface area contributed by atoms with Gasteiger partial charge >= 0.3 is 6.18 Å². The van der Waals surface area contributed by atoms with Crippen molar-refractivity contribution in [3.05, 3.63) is 50.9 Å². The number of hydrogen-bond acceptors (Lipinski definition) is 5. The Kier molecular flexibility index (Phi) is 4.86. The molecule has 0 saturated carbocycles. The molecule has 0 N–H and O–H groups in total. The van der Waals surface area contributed by atoms with Gasteiger partial charge in [0.2, 0.25) is 0 Å². The van der Waals surface area contributed by atoms with Gasteiger partial charge in [0.15, 0.2) is 0 Å². The van der Waals surface area contributed by atoms with Gasteiger partial charge < -0.3 is 4.90 Å². The lowest BCUT2D eigenvalue weighted by Gasteiger charge is -2.18. The minimum Gasteiger partial charge on any atom is -0.377 e. The lowest BCUT2D eigenvalue weighted by Crippen LogP contribution is -2.28. The van der Waals surface area contributed by atoms with Gasteiger partial charge in [-0.05, 0) is 24.3 Å². The van der Waals surface area contributed by atoms with Gasteiger partial charge in [-0.3, -0.25) is 14.7 Å². The summed E-state index contributed by atoms with van der Waals surface area (Å²) in [5.74, 6) is -0.426. The van der Waals surface area contributed by atoms with Crippen LogP contribution in [0.3, 0.4) is 0 Å². The maximum absolute atomic E-state index is 13.3. The molecule has 4 rings (SSSR count). The SMILES string of the molecule is CN(C)c1ccnc2sc3c(c12)CN=CN(c1ccc(Br)c(C(F)(F)F)c1)C3=O. The van der Waals surface area contributed by atoms with Gasteiger partial charge in [0.05, 0.1) is 24.1 Å². The molecule has 1 aromatic carbocycles. The Balaban J connectivity index is 1.85. The molecule has 0 atom stereocenters. The molecule has 29 heavy (non-hydrogen) atoms. The molecule has 1 amide bonds. The summed E-state index contributed by atoms with van der Waals surface area (Å²) in [6.45, 7) is 0.243. The van der Waals surface area contributed by atoms with Crippen LogP contribution >= 0.6 is 27.3 Å². The highest BCUT2D eigenvalue weighted by Gasteiger charge is 2.35. The number of aliphatic imine (C=N–C) groups is 1. The van der Waals surface area contributed by atoms with E-state index >= 15 is 0 Å². The molecule has 1 aliphatic rings. The van der Waals surface area contributed by atoms with Crippen LogP contribution in [0, 0.1) is 0 Å². The number of anilines is 2. The number of nitrogens with zero attached hydrogens (tertiary/aromatic N) is 4.